The minimum atomic E-state index is -0.125. The van der Waals surface area contributed by atoms with Gasteiger partial charge in [0, 0.05) is 63.1 Å². The van der Waals surface area contributed by atoms with Crippen molar-refractivity contribution >= 4 is 23.4 Å². The number of aromatic nitrogens is 1. The number of fused-ring (bicyclic) bond motifs is 1. The molecule has 2 aliphatic heterocycles. The Balaban J connectivity index is 1.33. The second-order valence-electron chi connectivity index (χ2n) is 8.59. The van der Waals surface area contributed by atoms with Crippen LogP contribution in [0.3, 0.4) is 0 Å². The van der Waals surface area contributed by atoms with Gasteiger partial charge in [0.2, 0.25) is 5.91 Å². The summed E-state index contributed by atoms with van der Waals surface area (Å²) in [6.45, 7) is 6.02. The van der Waals surface area contributed by atoms with Gasteiger partial charge in [0.1, 0.15) is 5.76 Å². The first-order chi connectivity index (χ1) is 16.0. The van der Waals surface area contributed by atoms with Crippen LogP contribution in [0.15, 0.2) is 59.1 Å². The molecule has 4 heterocycles. The number of piperazine rings is 1. The van der Waals surface area contributed by atoms with Gasteiger partial charge >= 0.3 is 0 Å². The van der Waals surface area contributed by atoms with E-state index < -0.39 is 0 Å². The van der Waals surface area contributed by atoms with Gasteiger partial charge in [-0.15, -0.1) is 0 Å². The number of benzene rings is 1. The average molecular weight is 467 g/mol. The maximum absolute atomic E-state index is 12.9. The number of rotatable bonds is 4. The molecule has 33 heavy (non-hydrogen) atoms. The van der Waals surface area contributed by atoms with Gasteiger partial charge in [-0.3, -0.25) is 14.5 Å². The van der Waals surface area contributed by atoms with Gasteiger partial charge in [-0.2, -0.15) is 0 Å². The topological polar surface area (TPSA) is 61.9 Å². The lowest BCUT2D eigenvalue weighted by atomic mass is 9.99. The van der Waals surface area contributed by atoms with Gasteiger partial charge in [-0.1, -0.05) is 29.8 Å². The predicted molar refractivity (Wildman–Crippen MR) is 125 cm³/mol. The fourth-order valence-corrected chi connectivity index (χ4v) is 5.05. The molecule has 1 unspecified atom stereocenters. The second-order valence-corrected chi connectivity index (χ2v) is 8.99. The van der Waals surface area contributed by atoms with Crippen molar-refractivity contribution in [2.45, 2.75) is 26.1 Å². The van der Waals surface area contributed by atoms with Crippen LogP contribution >= 0.6 is 11.6 Å². The fraction of sp³-hybridized carbons (Fsp3) is 0.360. The van der Waals surface area contributed by atoms with E-state index in [1.54, 1.807) is 22.8 Å². The highest BCUT2D eigenvalue weighted by Crippen LogP contribution is 2.37. The number of furan rings is 1. The fourth-order valence-electron chi connectivity index (χ4n) is 4.81. The summed E-state index contributed by atoms with van der Waals surface area (Å²) in [5.74, 6) is 1.01. The second kappa shape index (κ2) is 9.08. The molecule has 2 aromatic heterocycles. The number of halogens is 1. The third kappa shape index (κ3) is 4.30. The van der Waals surface area contributed by atoms with E-state index in [2.05, 4.69) is 33.9 Å². The molecular weight excluding hydrogens is 440 g/mol. The lowest BCUT2D eigenvalue weighted by Crippen LogP contribution is -2.50. The van der Waals surface area contributed by atoms with Crippen molar-refractivity contribution in [2.24, 2.45) is 0 Å². The molecule has 0 aliphatic carbocycles. The van der Waals surface area contributed by atoms with Gasteiger partial charge < -0.3 is 18.8 Å². The van der Waals surface area contributed by atoms with Crippen molar-refractivity contribution < 1.29 is 14.0 Å². The lowest BCUT2D eigenvalue weighted by Gasteiger charge is -2.37. The van der Waals surface area contributed by atoms with Crippen LogP contribution in [0.5, 0.6) is 0 Å². The average Bonchev–Trinajstić information content (AvgIpc) is 3.49. The van der Waals surface area contributed by atoms with Crippen LogP contribution in [0.25, 0.3) is 0 Å². The molecule has 1 atom stereocenters. The molecule has 0 spiro atoms. The SMILES string of the molecule is CC(=O)N1CCN(C(=O)c2ccc(CN3CCn4cccc4C3c3ccccc3Cl)o2)CC1. The van der Waals surface area contributed by atoms with Crippen molar-refractivity contribution in [1.82, 2.24) is 19.3 Å². The predicted octanol–water partition coefficient (Wildman–Crippen LogP) is 3.64. The molecule has 0 saturated carbocycles. The summed E-state index contributed by atoms with van der Waals surface area (Å²) >= 11 is 6.59. The Morgan fingerprint density at radius 2 is 1.70 bits per heavy atom. The van der Waals surface area contributed by atoms with Gasteiger partial charge in [0.15, 0.2) is 5.76 Å². The van der Waals surface area contributed by atoms with Crippen molar-refractivity contribution in [1.29, 1.82) is 0 Å². The number of nitrogens with zero attached hydrogens (tertiary/aromatic N) is 4. The van der Waals surface area contributed by atoms with Crippen LogP contribution in [0.1, 0.15) is 40.5 Å². The van der Waals surface area contributed by atoms with Crippen LogP contribution in [0, 0.1) is 0 Å². The monoisotopic (exact) mass is 466 g/mol. The molecule has 2 amide bonds. The third-order valence-corrected chi connectivity index (χ3v) is 6.93. The summed E-state index contributed by atoms with van der Waals surface area (Å²) in [4.78, 5) is 30.3. The van der Waals surface area contributed by atoms with Crippen LogP contribution in [0.2, 0.25) is 5.02 Å². The molecule has 7 nitrogen and oxygen atoms in total. The Morgan fingerprint density at radius 3 is 2.45 bits per heavy atom. The highest BCUT2D eigenvalue weighted by molar-refractivity contribution is 6.31. The van der Waals surface area contributed by atoms with Crippen molar-refractivity contribution in [3.8, 4) is 0 Å². The van der Waals surface area contributed by atoms with E-state index in [-0.39, 0.29) is 17.9 Å². The van der Waals surface area contributed by atoms with E-state index in [0.717, 1.165) is 29.4 Å². The Kier molecular flexibility index (Phi) is 6.00. The molecule has 1 fully saturated rings. The Labute approximate surface area is 198 Å². The Hall–Kier alpha value is -3.03. The molecule has 2 aliphatic rings. The summed E-state index contributed by atoms with van der Waals surface area (Å²) in [6, 6.07) is 15.8. The molecule has 3 aromatic rings. The molecule has 1 aromatic carbocycles. The Bertz CT molecular complexity index is 1160. The van der Waals surface area contributed by atoms with Gasteiger partial charge in [-0.05, 0) is 35.9 Å². The normalized spacial score (nSPS) is 18.9. The highest BCUT2D eigenvalue weighted by Gasteiger charge is 2.31. The summed E-state index contributed by atoms with van der Waals surface area (Å²) in [7, 11) is 0. The number of amides is 2. The van der Waals surface area contributed by atoms with Gasteiger partial charge in [0.25, 0.3) is 5.91 Å². The summed E-state index contributed by atoms with van der Waals surface area (Å²) < 4.78 is 8.27. The number of carbonyl (C=O) groups excluding carboxylic acids is 2. The van der Waals surface area contributed by atoms with Crippen molar-refractivity contribution in [3.05, 3.63) is 82.5 Å². The number of hydrogen-bond acceptors (Lipinski definition) is 4. The van der Waals surface area contributed by atoms with E-state index in [0.29, 0.717) is 38.5 Å². The minimum Gasteiger partial charge on any atom is -0.455 e. The first-order valence-electron chi connectivity index (χ1n) is 11.3. The zero-order valence-electron chi connectivity index (χ0n) is 18.6. The van der Waals surface area contributed by atoms with E-state index in [1.807, 2.05) is 24.3 Å². The summed E-state index contributed by atoms with van der Waals surface area (Å²) in [6.07, 6.45) is 2.10. The van der Waals surface area contributed by atoms with Crippen LogP contribution < -0.4 is 0 Å². The zero-order chi connectivity index (χ0) is 22.9. The molecule has 0 bridgehead atoms. The molecule has 172 valence electrons. The summed E-state index contributed by atoms with van der Waals surface area (Å²) in [5.41, 5.74) is 2.26. The number of hydrogen-bond donors (Lipinski definition) is 0. The van der Waals surface area contributed by atoms with Crippen LogP contribution in [0.4, 0.5) is 0 Å². The first-order valence-corrected chi connectivity index (χ1v) is 11.7. The summed E-state index contributed by atoms with van der Waals surface area (Å²) in [5, 5.41) is 0.738. The maximum Gasteiger partial charge on any atom is 0.289 e. The maximum atomic E-state index is 12.9. The number of carbonyl (C=O) groups is 2. The van der Waals surface area contributed by atoms with Crippen LogP contribution in [-0.4, -0.2) is 63.8 Å². The largest absolute Gasteiger partial charge is 0.455 e. The van der Waals surface area contributed by atoms with E-state index >= 15 is 0 Å². The minimum absolute atomic E-state index is 0.00589. The lowest BCUT2D eigenvalue weighted by molar-refractivity contribution is -0.130. The van der Waals surface area contributed by atoms with Gasteiger partial charge in [0.05, 0.1) is 12.6 Å². The zero-order valence-corrected chi connectivity index (χ0v) is 19.4. The molecule has 0 N–H and O–H groups in total. The molecule has 8 heteroatoms. The van der Waals surface area contributed by atoms with Crippen molar-refractivity contribution in [3.63, 3.8) is 0 Å². The van der Waals surface area contributed by atoms with Gasteiger partial charge in [-0.25, -0.2) is 0 Å². The van der Waals surface area contributed by atoms with E-state index in [9.17, 15) is 9.59 Å². The third-order valence-electron chi connectivity index (χ3n) is 6.58. The highest BCUT2D eigenvalue weighted by atomic mass is 35.5. The molecule has 1 saturated heterocycles. The standard InChI is InChI=1S/C25H27ClN4O3/c1-18(31)27-11-14-29(15-12-27)25(32)23-9-8-19(33-23)17-30-16-13-28-10-4-7-22(28)24(30)20-5-2-3-6-21(20)26/h2-10,24H,11-17H2,1H3. The van der Waals surface area contributed by atoms with E-state index in [4.69, 9.17) is 16.0 Å². The molecule has 5 rings (SSSR count). The molecule has 0 radical (unpaired) electrons. The van der Waals surface area contributed by atoms with Crippen LogP contribution in [-0.2, 0) is 17.9 Å². The quantitative estimate of drug-likeness (QED) is 0.589. The smallest absolute Gasteiger partial charge is 0.289 e. The Morgan fingerprint density at radius 1 is 0.939 bits per heavy atom. The van der Waals surface area contributed by atoms with Crippen molar-refractivity contribution in [2.75, 3.05) is 32.7 Å². The first kappa shape index (κ1) is 21.8. The molecular formula is C25H27ClN4O3. The van der Waals surface area contributed by atoms with E-state index in [1.165, 1.54) is 5.69 Å².